The summed E-state index contributed by atoms with van der Waals surface area (Å²) in [7, 11) is 0. The largest absolute Gasteiger partial charge is 0.463 e. The van der Waals surface area contributed by atoms with E-state index in [-0.39, 0.29) is 12.8 Å². The van der Waals surface area contributed by atoms with Crippen molar-refractivity contribution < 1.29 is 39.5 Å². The van der Waals surface area contributed by atoms with E-state index in [1.807, 2.05) is 0 Å². The van der Waals surface area contributed by atoms with Crippen molar-refractivity contribution in [2.45, 2.75) is 51.1 Å². The Morgan fingerprint density at radius 2 is 1.10 bits per heavy atom. The molecule has 0 aromatic heterocycles. The second-order valence-corrected chi connectivity index (χ2v) is 4.19. The summed E-state index contributed by atoms with van der Waals surface area (Å²) in [4.78, 5) is 21.7. The molecule has 8 heteroatoms. The van der Waals surface area contributed by atoms with Crippen LogP contribution in [0.2, 0.25) is 0 Å². The van der Waals surface area contributed by atoms with Crippen molar-refractivity contribution in [2.24, 2.45) is 0 Å². The van der Waals surface area contributed by atoms with E-state index in [4.69, 9.17) is 0 Å². The molecule has 0 aliphatic rings. The molecule has 0 fully saturated rings. The number of hydrogen-bond donors (Lipinski definition) is 4. The quantitative estimate of drug-likeness (QED) is 0.371. The summed E-state index contributed by atoms with van der Waals surface area (Å²) in [6.45, 7) is 2.11. The molecule has 0 radical (unpaired) electrons. The van der Waals surface area contributed by atoms with Crippen molar-refractivity contribution in [3.8, 4) is 0 Å². The number of carbonyl (C=O) groups is 2. The molecule has 8 nitrogen and oxygen atoms in total. The van der Waals surface area contributed by atoms with Gasteiger partial charge in [-0.1, -0.05) is 13.8 Å². The zero-order valence-corrected chi connectivity index (χ0v) is 11.6. The molecule has 0 unspecified atom stereocenters. The van der Waals surface area contributed by atoms with Crippen molar-refractivity contribution in [2.75, 3.05) is 13.2 Å². The molecule has 0 saturated heterocycles. The first-order chi connectivity index (χ1) is 9.33. The molecule has 0 aromatic rings. The van der Waals surface area contributed by atoms with Crippen molar-refractivity contribution >= 4 is 11.9 Å². The molecule has 0 spiro atoms. The number of aliphatic hydroxyl groups excluding tert-OH is 4. The van der Waals surface area contributed by atoms with Crippen LogP contribution in [0.1, 0.15) is 26.7 Å². The van der Waals surface area contributed by atoms with Crippen LogP contribution >= 0.6 is 0 Å². The molecule has 0 aliphatic carbocycles. The molecule has 0 rings (SSSR count). The Balaban J connectivity index is 4.19. The fourth-order valence-corrected chi connectivity index (χ4v) is 1.21. The average molecular weight is 294 g/mol. The predicted molar refractivity (Wildman–Crippen MR) is 66.5 cm³/mol. The summed E-state index contributed by atoms with van der Waals surface area (Å²) in [6.07, 6.45) is -6.37. The summed E-state index contributed by atoms with van der Waals surface area (Å²) >= 11 is 0. The van der Waals surface area contributed by atoms with Gasteiger partial charge in [0.15, 0.2) is 0 Å². The van der Waals surface area contributed by atoms with Gasteiger partial charge in [-0.15, -0.1) is 0 Å². The summed E-state index contributed by atoms with van der Waals surface area (Å²) < 4.78 is 9.19. The van der Waals surface area contributed by atoms with Gasteiger partial charge in [0.05, 0.1) is 0 Å². The van der Waals surface area contributed by atoms with E-state index < -0.39 is 49.6 Å². The fourth-order valence-electron chi connectivity index (χ4n) is 1.21. The number of esters is 2. The molecule has 0 amide bonds. The van der Waals surface area contributed by atoms with Crippen LogP contribution < -0.4 is 0 Å². The average Bonchev–Trinajstić information content (AvgIpc) is 2.47. The lowest BCUT2D eigenvalue weighted by atomic mass is 10.0. The lowest BCUT2D eigenvalue weighted by Crippen LogP contribution is -2.48. The SMILES string of the molecule is CCC(=O)OC[C@@H](O)[C@@H](O)[C@H](O)[C@H](O)COC(=O)CC. The second kappa shape index (κ2) is 9.65. The summed E-state index contributed by atoms with van der Waals surface area (Å²) in [5.74, 6) is -1.13. The number of rotatable bonds is 9. The Morgan fingerprint density at radius 3 is 1.35 bits per heavy atom. The lowest BCUT2D eigenvalue weighted by molar-refractivity contribution is -0.162. The summed E-state index contributed by atoms with van der Waals surface area (Å²) in [5, 5.41) is 38.1. The van der Waals surface area contributed by atoms with Crippen LogP contribution in [0.5, 0.6) is 0 Å². The third kappa shape index (κ3) is 6.80. The number of ether oxygens (including phenoxy) is 2. The van der Waals surface area contributed by atoms with Gasteiger partial charge in [0.1, 0.15) is 37.6 Å². The minimum Gasteiger partial charge on any atom is -0.463 e. The standard InChI is InChI=1S/C12H22O8/c1-3-9(15)19-5-7(13)11(17)12(18)8(14)6-20-10(16)4-2/h7-8,11-14,17-18H,3-6H2,1-2H3/t7-,8-,11-,12-/m1/s1. The Bertz CT molecular complexity index is 276. The molecule has 0 saturated carbocycles. The maximum absolute atomic E-state index is 10.9. The minimum atomic E-state index is -1.74. The smallest absolute Gasteiger partial charge is 0.305 e. The van der Waals surface area contributed by atoms with Crippen LogP contribution in [0.3, 0.4) is 0 Å². The van der Waals surface area contributed by atoms with E-state index in [0.29, 0.717) is 0 Å². The first-order valence-corrected chi connectivity index (χ1v) is 6.36. The van der Waals surface area contributed by atoms with Crippen molar-refractivity contribution in [3.63, 3.8) is 0 Å². The number of aliphatic hydroxyl groups is 4. The normalized spacial score (nSPS) is 16.9. The topological polar surface area (TPSA) is 134 Å². The predicted octanol–water partition coefficient (Wildman–Crippen LogP) is -1.66. The number of hydrogen-bond acceptors (Lipinski definition) is 8. The third-order valence-corrected chi connectivity index (χ3v) is 2.55. The van der Waals surface area contributed by atoms with Crippen LogP contribution in [-0.4, -0.2) is 70.0 Å². The zero-order valence-electron chi connectivity index (χ0n) is 11.6. The lowest BCUT2D eigenvalue weighted by Gasteiger charge is -2.26. The van der Waals surface area contributed by atoms with Crippen LogP contribution in [0.4, 0.5) is 0 Å². The van der Waals surface area contributed by atoms with Gasteiger partial charge in [0.25, 0.3) is 0 Å². The maximum atomic E-state index is 10.9. The first-order valence-electron chi connectivity index (χ1n) is 6.36. The van der Waals surface area contributed by atoms with Crippen LogP contribution in [0, 0.1) is 0 Å². The van der Waals surface area contributed by atoms with Crippen LogP contribution in [0.25, 0.3) is 0 Å². The zero-order chi connectivity index (χ0) is 15.7. The van der Waals surface area contributed by atoms with Gasteiger partial charge in [-0.05, 0) is 0 Å². The highest BCUT2D eigenvalue weighted by Gasteiger charge is 2.31. The van der Waals surface area contributed by atoms with Crippen LogP contribution in [-0.2, 0) is 19.1 Å². The molecule has 0 heterocycles. The van der Waals surface area contributed by atoms with Gasteiger partial charge in [0, 0.05) is 12.8 Å². The van der Waals surface area contributed by atoms with Crippen LogP contribution in [0.15, 0.2) is 0 Å². The van der Waals surface area contributed by atoms with Gasteiger partial charge >= 0.3 is 11.9 Å². The Morgan fingerprint density at radius 1 is 0.800 bits per heavy atom. The summed E-state index contributed by atoms with van der Waals surface area (Å²) in [6, 6.07) is 0. The van der Waals surface area contributed by atoms with E-state index >= 15 is 0 Å². The Kier molecular flexibility index (Phi) is 9.06. The van der Waals surface area contributed by atoms with Gasteiger partial charge < -0.3 is 29.9 Å². The molecule has 4 atom stereocenters. The van der Waals surface area contributed by atoms with E-state index in [1.54, 1.807) is 13.8 Å². The van der Waals surface area contributed by atoms with Gasteiger partial charge in [-0.3, -0.25) is 9.59 Å². The van der Waals surface area contributed by atoms with E-state index in [0.717, 1.165) is 0 Å². The molecule has 118 valence electrons. The van der Waals surface area contributed by atoms with E-state index in [2.05, 4.69) is 9.47 Å². The highest BCUT2D eigenvalue weighted by molar-refractivity contribution is 5.69. The highest BCUT2D eigenvalue weighted by atomic mass is 16.5. The monoisotopic (exact) mass is 294 g/mol. The van der Waals surface area contributed by atoms with E-state index in [9.17, 15) is 30.0 Å². The van der Waals surface area contributed by atoms with Crippen molar-refractivity contribution in [3.05, 3.63) is 0 Å². The maximum Gasteiger partial charge on any atom is 0.305 e. The molecule has 4 N–H and O–H groups in total. The minimum absolute atomic E-state index is 0.112. The molecular formula is C12H22O8. The van der Waals surface area contributed by atoms with Gasteiger partial charge in [-0.2, -0.15) is 0 Å². The third-order valence-electron chi connectivity index (χ3n) is 2.55. The molecule has 0 aromatic carbocycles. The summed E-state index contributed by atoms with van der Waals surface area (Å²) in [5.41, 5.74) is 0. The molecule has 0 bridgehead atoms. The molecule has 20 heavy (non-hydrogen) atoms. The van der Waals surface area contributed by atoms with Gasteiger partial charge in [-0.25, -0.2) is 0 Å². The van der Waals surface area contributed by atoms with Crippen molar-refractivity contribution in [1.29, 1.82) is 0 Å². The molecule has 0 aliphatic heterocycles. The fraction of sp³-hybridized carbons (Fsp3) is 0.833. The number of carbonyl (C=O) groups excluding carboxylic acids is 2. The first kappa shape index (κ1) is 18.8. The molecular weight excluding hydrogens is 272 g/mol. The highest BCUT2D eigenvalue weighted by Crippen LogP contribution is 2.07. The Labute approximate surface area is 116 Å². The van der Waals surface area contributed by atoms with E-state index in [1.165, 1.54) is 0 Å². The van der Waals surface area contributed by atoms with Gasteiger partial charge in [0.2, 0.25) is 0 Å². The van der Waals surface area contributed by atoms with Crippen molar-refractivity contribution in [1.82, 2.24) is 0 Å². The second-order valence-electron chi connectivity index (χ2n) is 4.19. The Hall–Kier alpha value is -1.22.